The monoisotopic (exact) mass is 265 g/mol. The van der Waals surface area contributed by atoms with E-state index in [2.05, 4.69) is 4.72 Å². The molecule has 2 aliphatic rings. The molecule has 1 saturated carbocycles. The van der Waals surface area contributed by atoms with Crippen LogP contribution in [-0.2, 0) is 9.59 Å². The minimum absolute atomic E-state index is 0.114. The molecule has 0 spiro atoms. The maximum atomic E-state index is 11.9. The lowest BCUT2D eigenvalue weighted by atomic mass is 9.90. The Hall–Kier alpha value is -1.03. The van der Waals surface area contributed by atoms with E-state index in [1.807, 2.05) is 18.2 Å². The number of amides is 1. The van der Waals surface area contributed by atoms with Crippen LogP contribution in [0.15, 0.2) is 23.8 Å². The van der Waals surface area contributed by atoms with Crippen LogP contribution in [0.2, 0.25) is 0 Å². The van der Waals surface area contributed by atoms with Crippen molar-refractivity contribution in [1.29, 1.82) is 0 Å². The second-order valence-electron chi connectivity index (χ2n) is 4.83. The van der Waals surface area contributed by atoms with Gasteiger partial charge < -0.3 is 0 Å². The largest absolute Gasteiger partial charge is 0.289 e. The molecule has 0 radical (unpaired) electrons. The predicted molar refractivity (Wildman–Crippen MR) is 73.8 cm³/mol. The highest BCUT2D eigenvalue weighted by Crippen LogP contribution is 2.27. The number of allylic oxidation sites excluding steroid dienone is 2. The Balaban J connectivity index is 1.76. The molecule has 0 atom stereocenters. The number of rotatable bonds is 2. The van der Waals surface area contributed by atoms with E-state index >= 15 is 0 Å². The quantitative estimate of drug-likeness (QED) is 0.780. The van der Waals surface area contributed by atoms with Gasteiger partial charge in [-0.15, -0.1) is 0 Å². The molecule has 1 amide bonds. The van der Waals surface area contributed by atoms with Gasteiger partial charge in [0.25, 0.3) is 5.91 Å². The number of carbonyl (C=O) groups excluding carboxylic acids is 2. The molecule has 98 valence electrons. The van der Waals surface area contributed by atoms with Crippen molar-refractivity contribution in [2.45, 2.75) is 44.9 Å². The fraction of sp³-hybridized carbons (Fsp3) is 0.571. The van der Waals surface area contributed by atoms with Crippen molar-refractivity contribution in [1.82, 2.24) is 4.72 Å². The summed E-state index contributed by atoms with van der Waals surface area (Å²) in [6.07, 6.45) is 13.1. The van der Waals surface area contributed by atoms with E-state index in [4.69, 9.17) is 0 Å². The zero-order valence-corrected chi connectivity index (χ0v) is 11.3. The number of hydrogen-bond donors (Lipinski definition) is 1. The Kier molecular flexibility index (Phi) is 5.05. The molecule has 0 aliphatic heterocycles. The first kappa shape index (κ1) is 13.4. The van der Waals surface area contributed by atoms with Crippen molar-refractivity contribution in [3.8, 4) is 0 Å². The minimum atomic E-state index is -0.153. The van der Waals surface area contributed by atoms with Gasteiger partial charge in [0.15, 0.2) is 0 Å². The summed E-state index contributed by atoms with van der Waals surface area (Å²) in [5.74, 6) is -0.0139. The smallest absolute Gasteiger partial charge is 0.261 e. The lowest BCUT2D eigenvalue weighted by Gasteiger charge is -2.19. The van der Waals surface area contributed by atoms with Gasteiger partial charge in [-0.25, -0.2) is 0 Å². The molecular weight excluding hydrogens is 246 g/mol. The average molecular weight is 265 g/mol. The third-order valence-corrected chi connectivity index (χ3v) is 4.26. The fourth-order valence-electron chi connectivity index (χ4n) is 2.36. The molecule has 18 heavy (non-hydrogen) atoms. The molecule has 0 heterocycles. The van der Waals surface area contributed by atoms with Crippen LogP contribution in [0.1, 0.15) is 44.9 Å². The highest BCUT2D eigenvalue weighted by Gasteiger charge is 2.22. The maximum Gasteiger partial charge on any atom is 0.261 e. The number of carbonyl (C=O) groups is 2. The van der Waals surface area contributed by atoms with Crippen molar-refractivity contribution in [2.75, 3.05) is 0 Å². The second-order valence-corrected chi connectivity index (χ2v) is 5.64. The van der Waals surface area contributed by atoms with Gasteiger partial charge in [0.1, 0.15) is 0 Å². The van der Waals surface area contributed by atoms with Gasteiger partial charge >= 0.3 is 0 Å². The van der Waals surface area contributed by atoms with Crippen molar-refractivity contribution in [3.63, 3.8) is 0 Å². The van der Waals surface area contributed by atoms with E-state index in [-0.39, 0.29) is 16.9 Å². The van der Waals surface area contributed by atoms with E-state index in [1.54, 1.807) is 0 Å². The van der Waals surface area contributed by atoms with Gasteiger partial charge in [0, 0.05) is 23.4 Å². The molecule has 0 unspecified atom stereocenters. The zero-order valence-electron chi connectivity index (χ0n) is 10.5. The molecule has 2 rings (SSSR count). The van der Waals surface area contributed by atoms with Crippen LogP contribution in [0.4, 0.5) is 0 Å². The Labute approximate surface area is 112 Å². The summed E-state index contributed by atoms with van der Waals surface area (Å²) in [4.78, 5) is 23.7. The normalized spacial score (nSPS) is 20.3. The molecule has 0 aromatic heterocycles. The highest BCUT2D eigenvalue weighted by atomic mass is 32.2. The summed E-state index contributed by atoms with van der Waals surface area (Å²) in [7, 11) is 0. The van der Waals surface area contributed by atoms with Crippen LogP contribution >= 0.6 is 11.9 Å². The number of nitrogens with one attached hydrogen (secondary N) is 1. The van der Waals surface area contributed by atoms with E-state index in [0.29, 0.717) is 5.57 Å². The van der Waals surface area contributed by atoms with E-state index in [9.17, 15) is 9.59 Å². The lowest BCUT2D eigenvalue weighted by Crippen LogP contribution is -2.23. The molecule has 0 saturated heterocycles. The van der Waals surface area contributed by atoms with Gasteiger partial charge in [-0.2, -0.15) is 0 Å². The second kappa shape index (κ2) is 6.78. The third kappa shape index (κ3) is 3.73. The Morgan fingerprint density at radius 1 is 1.17 bits per heavy atom. The minimum Gasteiger partial charge on any atom is -0.289 e. The molecule has 1 fully saturated rings. The molecule has 0 bridgehead atoms. The van der Waals surface area contributed by atoms with Gasteiger partial charge in [-0.05, 0) is 25.7 Å². The number of hydrogen-bond acceptors (Lipinski definition) is 3. The Bertz CT molecular complexity index is 381. The molecule has 0 aromatic carbocycles. The first-order chi connectivity index (χ1) is 8.77. The van der Waals surface area contributed by atoms with Crippen LogP contribution < -0.4 is 4.72 Å². The summed E-state index contributed by atoms with van der Waals surface area (Å²) in [5.41, 5.74) is 0.671. The summed E-state index contributed by atoms with van der Waals surface area (Å²) >= 11 is 0.972. The summed E-state index contributed by atoms with van der Waals surface area (Å²) < 4.78 is 2.66. The van der Waals surface area contributed by atoms with Gasteiger partial charge in [0.05, 0.1) is 0 Å². The maximum absolute atomic E-state index is 11.9. The van der Waals surface area contributed by atoms with Crippen molar-refractivity contribution in [2.24, 2.45) is 5.92 Å². The lowest BCUT2D eigenvalue weighted by molar-refractivity contribution is -0.117. The molecule has 1 N–H and O–H groups in total. The topological polar surface area (TPSA) is 46.2 Å². The molecule has 2 aliphatic carbocycles. The van der Waals surface area contributed by atoms with E-state index < -0.39 is 0 Å². The first-order valence-electron chi connectivity index (χ1n) is 6.65. The molecular formula is C14H19NO2S. The van der Waals surface area contributed by atoms with Crippen LogP contribution in [0.5, 0.6) is 0 Å². The SMILES string of the molecule is O=C(NSC(=O)C1CCCCC1)C1=CCCC=C1. The van der Waals surface area contributed by atoms with Crippen LogP contribution in [-0.4, -0.2) is 11.0 Å². The molecule has 0 aromatic rings. The third-order valence-electron chi connectivity index (χ3n) is 3.44. The van der Waals surface area contributed by atoms with Gasteiger partial charge in [-0.3, -0.25) is 14.3 Å². The van der Waals surface area contributed by atoms with E-state index in [1.165, 1.54) is 6.42 Å². The molecule has 3 nitrogen and oxygen atoms in total. The summed E-state index contributed by atoms with van der Waals surface area (Å²) in [6.45, 7) is 0. The summed E-state index contributed by atoms with van der Waals surface area (Å²) in [6, 6.07) is 0. The van der Waals surface area contributed by atoms with Crippen LogP contribution in [0.25, 0.3) is 0 Å². The Morgan fingerprint density at radius 2 is 1.94 bits per heavy atom. The van der Waals surface area contributed by atoms with Gasteiger partial charge in [-0.1, -0.05) is 37.5 Å². The first-order valence-corrected chi connectivity index (χ1v) is 7.47. The Morgan fingerprint density at radius 3 is 2.61 bits per heavy atom. The van der Waals surface area contributed by atoms with Gasteiger partial charge in [0.2, 0.25) is 5.12 Å². The highest BCUT2D eigenvalue weighted by molar-refractivity contribution is 8.12. The molecule has 4 heteroatoms. The standard InChI is InChI=1S/C14H19NO2S/c16-13(11-7-3-1-4-8-11)15-18-14(17)12-9-5-2-6-10-12/h3,7-8,12H,1-2,4-6,9-10H2,(H,15,16). The average Bonchev–Trinajstić information content (AvgIpc) is 2.46. The van der Waals surface area contributed by atoms with E-state index in [0.717, 1.165) is 50.5 Å². The van der Waals surface area contributed by atoms with Crippen molar-refractivity contribution < 1.29 is 9.59 Å². The summed E-state index contributed by atoms with van der Waals surface area (Å²) in [5, 5.41) is 0.114. The van der Waals surface area contributed by atoms with Crippen LogP contribution in [0.3, 0.4) is 0 Å². The fourth-order valence-corrected chi connectivity index (χ4v) is 3.07. The zero-order chi connectivity index (χ0) is 12.8. The van der Waals surface area contributed by atoms with Crippen molar-refractivity contribution >= 4 is 23.0 Å². The van der Waals surface area contributed by atoms with Crippen molar-refractivity contribution in [3.05, 3.63) is 23.8 Å². The predicted octanol–water partition coefficient (Wildman–Crippen LogP) is 3.13. The van der Waals surface area contributed by atoms with Crippen LogP contribution in [0, 0.1) is 5.92 Å².